The van der Waals surface area contributed by atoms with Gasteiger partial charge in [-0.25, -0.2) is 4.79 Å². The zero-order valence-electron chi connectivity index (χ0n) is 23.3. The van der Waals surface area contributed by atoms with Gasteiger partial charge in [0, 0.05) is 26.4 Å². The Morgan fingerprint density at radius 2 is 1.62 bits per heavy atom. The Bertz CT molecular complexity index is 1150. The van der Waals surface area contributed by atoms with Gasteiger partial charge in [-0.2, -0.15) is 0 Å². The molecule has 0 aromatic heterocycles. The van der Waals surface area contributed by atoms with E-state index in [-0.39, 0.29) is 18.4 Å². The molecule has 1 aliphatic heterocycles. The fourth-order valence-corrected chi connectivity index (χ4v) is 4.45. The molecule has 0 saturated heterocycles. The lowest BCUT2D eigenvalue weighted by Gasteiger charge is -2.37. The van der Waals surface area contributed by atoms with Gasteiger partial charge in [0.15, 0.2) is 0 Å². The van der Waals surface area contributed by atoms with E-state index in [0.29, 0.717) is 38.8 Å². The third-order valence-electron chi connectivity index (χ3n) is 6.42. The fourth-order valence-electron chi connectivity index (χ4n) is 4.45. The van der Waals surface area contributed by atoms with Crippen molar-refractivity contribution in [1.82, 2.24) is 20.9 Å². The Kier molecular flexibility index (Phi) is 10.5. The van der Waals surface area contributed by atoms with Gasteiger partial charge in [0.05, 0.1) is 6.54 Å². The third kappa shape index (κ3) is 9.42. The highest BCUT2D eigenvalue weighted by Gasteiger charge is 2.38. The predicted octanol–water partition coefficient (Wildman–Crippen LogP) is 3.46. The first-order chi connectivity index (χ1) is 18.5. The monoisotopic (exact) mass is 536 g/mol. The van der Waals surface area contributed by atoms with Gasteiger partial charge in [-0.15, -0.1) is 0 Å². The summed E-state index contributed by atoms with van der Waals surface area (Å²) in [5.41, 5.74) is 2.17. The first-order valence-electron chi connectivity index (χ1n) is 13.5. The largest absolute Gasteiger partial charge is 0.444 e. The lowest BCUT2D eigenvalue weighted by Crippen LogP contribution is -2.57. The smallest absolute Gasteiger partial charge is 0.411 e. The van der Waals surface area contributed by atoms with E-state index in [9.17, 15) is 19.2 Å². The molecule has 1 unspecified atom stereocenters. The predicted molar refractivity (Wildman–Crippen MR) is 148 cm³/mol. The van der Waals surface area contributed by atoms with Crippen LogP contribution in [0.5, 0.6) is 0 Å². The number of hydrogen-bond acceptors (Lipinski definition) is 5. The van der Waals surface area contributed by atoms with Crippen LogP contribution in [0.1, 0.15) is 63.6 Å². The minimum atomic E-state index is -0.821. The quantitative estimate of drug-likeness (QED) is 0.402. The standard InChI is InChI=1S/C30H40N4O5/c1-21(35)31-17-11-10-16-25(27(36)32-19-22-12-6-5-7-13-22)33-28(37)26-18-23-14-8-9-15-24(23)20-34(26)29(38)39-30(2,3)4/h5-9,12-15,25-26H,10-11,16-20H2,1-4H3,(H,31,35)(H,32,36)(H,33,37)/t25-,26?/m0/s1. The van der Waals surface area contributed by atoms with Crippen LogP contribution in [0.3, 0.4) is 0 Å². The maximum atomic E-state index is 13.7. The van der Waals surface area contributed by atoms with Gasteiger partial charge in [-0.3, -0.25) is 19.3 Å². The Labute approximate surface area is 230 Å². The van der Waals surface area contributed by atoms with E-state index in [1.807, 2.05) is 54.6 Å². The second-order valence-corrected chi connectivity index (χ2v) is 10.8. The molecule has 0 bridgehead atoms. The van der Waals surface area contributed by atoms with E-state index >= 15 is 0 Å². The summed E-state index contributed by atoms with van der Waals surface area (Å²) in [7, 11) is 0. The highest BCUT2D eigenvalue weighted by Crippen LogP contribution is 2.25. The van der Waals surface area contributed by atoms with E-state index < -0.39 is 29.7 Å². The number of rotatable bonds is 10. The Hall–Kier alpha value is -3.88. The highest BCUT2D eigenvalue weighted by atomic mass is 16.6. The minimum absolute atomic E-state index is 0.111. The number of unbranched alkanes of at least 4 members (excludes halogenated alkanes) is 1. The normalized spacial score (nSPS) is 15.5. The van der Waals surface area contributed by atoms with E-state index in [1.165, 1.54) is 11.8 Å². The molecule has 1 aliphatic rings. The number of nitrogens with one attached hydrogen (secondary N) is 3. The van der Waals surface area contributed by atoms with Gasteiger partial charge in [-0.05, 0) is 56.7 Å². The Morgan fingerprint density at radius 1 is 0.949 bits per heavy atom. The summed E-state index contributed by atoms with van der Waals surface area (Å²) in [6.07, 6.45) is 1.42. The average molecular weight is 537 g/mol. The molecule has 0 aliphatic carbocycles. The van der Waals surface area contributed by atoms with Crippen molar-refractivity contribution >= 4 is 23.8 Å². The molecule has 4 amide bonds. The van der Waals surface area contributed by atoms with Crippen molar-refractivity contribution in [3.63, 3.8) is 0 Å². The zero-order valence-corrected chi connectivity index (χ0v) is 23.3. The van der Waals surface area contributed by atoms with Crippen LogP contribution >= 0.6 is 0 Å². The number of fused-ring (bicyclic) bond motifs is 1. The Balaban J connectivity index is 1.74. The number of nitrogens with zero attached hydrogens (tertiary/aromatic N) is 1. The van der Waals surface area contributed by atoms with Gasteiger partial charge < -0.3 is 20.7 Å². The lowest BCUT2D eigenvalue weighted by atomic mass is 9.93. The fraction of sp³-hybridized carbons (Fsp3) is 0.467. The molecule has 210 valence electrons. The summed E-state index contributed by atoms with van der Waals surface area (Å²) in [6, 6.07) is 15.6. The molecule has 0 radical (unpaired) electrons. The first-order valence-corrected chi connectivity index (χ1v) is 13.5. The van der Waals surface area contributed by atoms with Gasteiger partial charge >= 0.3 is 6.09 Å². The van der Waals surface area contributed by atoms with Crippen molar-refractivity contribution in [2.24, 2.45) is 0 Å². The molecule has 9 nitrogen and oxygen atoms in total. The Morgan fingerprint density at radius 3 is 2.28 bits per heavy atom. The van der Waals surface area contributed by atoms with E-state index in [1.54, 1.807) is 20.8 Å². The van der Waals surface area contributed by atoms with Crippen molar-refractivity contribution in [2.45, 2.75) is 84.2 Å². The van der Waals surface area contributed by atoms with Crippen LogP contribution in [0.2, 0.25) is 0 Å². The van der Waals surface area contributed by atoms with Crippen LogP contribution < -0.4 is 16.0 Å². The summed E-state index contributed by atoms with van der Waals surface area (Å²) < 4.78 is 5.62. The molecule has 3 rings (SSSR count). The van der Waals surface area contributed by atoms with Gasteiger partial charge in [0.1, 0.15) is 17.7 Å². The maximum absolute atomic E-state index is 13.7. The third-order valence-corrected chi connectivity index (χ3v) is 6.42. The van der Waals surface area contributed by atoms with Crippen molar-refractivity contribution in [1.29, 1.82) is 0 Å². The summed E-state index contributed by atoms with van der Waals surface area (Å²) in [6.45, 7) is 7.87. The molecule has 0 spiro atoms. The SMILES string of the molecule is CC(=O)NCCCC[C@H](NC(=O)C1Cc2ccccc2CN1C(=O)OC(C)(C)C)C(=O)NCc1ccccc1. The molecular formula is C30H40N4O5. The van der Waals surface area contributed by atoms with Crippen LogP contribution in [-0.4, -0.2) is 52.9 Å². The number of benzene rings is 2. The van der Waals surface area contributed by atoms with E-state index in [4.69, 9.17) is 4.74 Å². The second kappa shape index (κ2) is 13.8. The number of hydrogen-bond donors (Lipinski definition) is 3. The zero-order chi connectivity index (χ0) is 28.4. The highest BCUT2D eigenvalue weighted by molar-refractivity contribution is 5.91. The van der Waals surface area contributed by atoms with Crippen molar-refractivity contribution in [3.05, 3.63) is 71.3 Å². The molecule has 2 aromatic carbocycles. The summed E-state index contributed by atoms with van der Waals surface area (Å²) in [4.78, 5) is 52.6. The maximum Gasteiger partial charge on any atom is 0.411 e. The minimum Gasteiger partial charge on any atom is -0.444 e. The molecule has 39 heavy (non-hydrogen) atoms. The topological polar surface area (TPSA) is 117 Å². The molecule has 0 saturated carbocycles. The number of amides is 4. The summed E-state index contributed by atoms with van der Waals surface area (Å²) in [5, 5.41) is 8.58. The molecule has 2 aromatic rings. The molecular weight excluding hydrogens is 496 g/mol. The van der Waals surface area contributed by atoms with Gasteiger partial charge in [0.25, 0.3) is 0 Å². The molecule has 0 fully saturated rings. The second-order valence-electron chi connectivity index (χ2n) is 10.8. The molecule has 9 heteroatoms. The van der Waals surface area contributed by atoms with Gasteiger partial charge in [-0.1, -0.05) is 54.6 Å². The lowest BCUT2D eigenvalue weighted by molar-refractivity contribution is -0.132. The van der Waals surface area contributed by atoms with Crippen LogP contribution in [0, 0.1) is 0 Å². The van der Waals surface area contributed by atoms with Crippen molar-refractivity contribution < 1.29 is 23.9 Å². The van der Waals surface area contributed by atoms with Crippen molar-refractivity contribution in [2.75, 3.05) is 6.54 Å². The number of ether oxygens (including phenoxy) is 1. The van der Waals surface area contributed by atoms with Crippen LogP contribution in [0.4, 0.5) is 4.79 Å². The van der Waals surface area contributed by atoms with Crippen LogP contribution in [0.25, 0.3) is 0 Å². The molecule has 1 heterocycles. The van der Waals surface area contributed by atoms with Crippen molar-refractivity contribution in [3.8, 4) is 0 Å². The molecule has 3 N–H and O–H groups in total. The summed E-state index contributed by atoms with van der Waals surface area (Å²) >= 11 is 0. The van der Waals surface area contributed by atoms with Crippen LogP contribution in [0.15, 0.2) is 54.6 Å². The first kappa shape index (κ1) is 29.7. The number of carbonyl (C=O) groups is 4. The van der Waals surface area contributed by atoms with E-state index in [0.717, 1.165) is 16.7 Å². The van der Waals surface area contributed by atoms with Crippen LogP contribution in [-0.2, 0) is 38.6 Å². The molecule has 2 atom stereocenters. The summed E-state index contributed by atoms with van der Waals surface area (Å²) in [5.74, 6) is -0.816. The average Bonchev–Trinajstić information content (AvgIpc) is 2.89. The van der Waals surface area contributed by atoms with Gasteiger partial charge in [0.2, 0.25) is 17.7 Å². The van der Waals surface area contributed by atoms with E-state index in [2.05, 4.69) is 16.0 Å². The number of carbonyl (C=O) groups excluding carboxylic acids is 4.